The molecule has 2 aromatic carbocycles. The van der Waals surface area contributed by atoms with Gasteiger partial charge in [0.2, 0.25) is 0 Å². The van der Waals surface area contributed by atoms with Crippen LogP contribution in [0.5, 0.6) is 0 Å². The third-order valence-electron chi connectivity index (χ3n) is 6.21. The number of hydrogen-bond donors (Lipinski definition) is 2. The number of anilines is 2. The Bertz CT molecular complexity index is 1050. The van der Waals surface area contributed by atoms with E-state index in [1.165, 1.54) is 23.4 Å². The van der Waals surface area contributed by atoms with E-state index in [0.717, 1.165) is 30.7 Å². The average Bonchev–Trinajstić information content (AvgIpc) is 3.19. The summed E-state index contributed by atoms with van der Waals surface area (Å²) in [6.07, 6.45) is -3.60. The number of morpholine rings is 1. The largest absolute Gasteiger partial charge is 0.416 e. The molecule has 0 spiro atoms. The van der Waals surface area contributed by atoms with Gasteiger partial charge in [0, 0.05) is 44.6 Å². The second-order valence-corrected chi connectivity index (χ2v) is 8.47. The summed E-state index contributed by atoms with van der Waals surface area (Å²) in [5, 5.41) is 4.90. The van der Waals surface area contributed by atoms with Gasteiger partial charge in [0.1, 0.15) is 0 Å². The molecule has 2 N–H and O–H groups in total. The van der Waals surface area contributed by atoms with Crippen LogP contribution in [-0.4, -0.2) is 63.2 Å². The van der Waals surface area contributed by atoms with Gasteiger partial charge in [-0.05, 0) is 41.8 Å². The number of amides is 2. The summed E-state index contributed by atoms with van der Waals surface area (Å²) in [6.45, 7) is 3.67. The molecule has 2 aliphatic rings. The molecule has 10 heteroatoms. The van der Waals surface area contributed by atoms with Crippen LogP contribution in [0.1, 0.15) is 22.7 Å². The van der Waals surface area contributed by atoms with Crippen LogP contribution in [0, 0.1) is 0 Å². The Hall–Kier alpha value is -3.11. The fourth-order valence-electron chi connectivity index (χ4n) is 4.37. The fourth-order valence-corrected chi connectivity index (χ4v) is 4.37. The molecule has 0 saturated carbocycles. The summed E-state index contributed by atoms with van der Waals surface area (Å²) in [7, 11) is 2.05. The predicted molar refractivity (Wildman–Crippen MR) is 122 cm³/mol. The first kappa shape index (κ1) is 24.0. The van der Waals surface area contributed by atoms with Crippen molar-refractivity contribution in [1.82, 2.24) is 10.2 Å². The van der Waals surface area contributed by atoms with E-state index in [1.54, 1.807) is 0 Å². The van der Waals surface area contributed by atoms with Crippen molar-refractivity contribution in [3.05, 3.63) is 59.2 Å². The fraction of sp³-hybridized carbons (Fsp3) is 0.417. The number of carbonyl (C=O) groups is 2. The lowest BCUT2D eigenvalue weighted by atomic mass is 10.0. The van der Waals surface area contributed by atoms with E-state index in [9.17, 15) is 22.8 Å². The second-order valence-electron chi connectivity index (χ2n) is 8.47. The lowest BCUT2D eigenvalue weighted by Crippen LogP contribution is -2.45. The summed E-state index contributed by atoms with van der Waals surface area (Å²) in [5.74, 6) is -1.92. The van der Waals surface area contributed by atoms with Gasteiger partial charge in [-0.1, -0.05) is 18.2 Å². The molecule has 0 radical (unpaired) electrons. The van der Waals surface area contributed by atoms with E-state index < -0.39 is 23.6 Å². The van der Waals surface area contributed by atoms with Crippen molar-refractivity contribution < 1.29 is 27.5 Å². The van der Waals surface area contributed by atoms with Gasteiger partial charge in [-0.3, -0.25) is 14.5 Å². The van der Waals surface area contributed by atoms with E-state index in [-0.39, 0.29) is 18.3 Å². The van der Waals surface area contributed by atoms with Crippen LogP contribution in [0.4, 0.5) is 24.5 Å². The summed E-state index contributed by atoms with van der Waals surface area (Å²) in [4.78, 5) is 29.2. The Morgan fingerprint density at radius 1 is 1.06 bits per heavy atom. The number of halogens is 3. The number of benzene rings is 2. The second kappa shape index (κ2) is 10.0. The van der Waals surface area contributed by atoms with Crippen LogP contribution in [0.2, 0.25) is 0 Å². The molecule has 7 nitrogen and oxygen atoms in total. The molecule has 4 rings (SSSR count). The zero-order valence-corrected chi connectivity index (χ0v) is 18.8. The van der Waals surface area contributed by atoms with E-state index in [4.69, 9.17) is 4.74 Å². The van der Waals surface area contributed by atoms with Crippen LogP contribution >= 0.6 is 0 Å². The number of hydrogen-bond acceptors (Lipinski definition) is 5. The van der Waals surface area contributed by atoms with Crippen molar-refractivity contribution in [3.63, 3.8) is 0 Å². The highest BCUT2D eigenvalue weighted by atomic mass is 19.4. The number of fused-ring (bicyclic) bond motifs is 1. The summed E-state index contributed by atoms with van der Waals surface area (Å²) < 4.78 is 44.2. The van der Waals surface area contributed by atoms with E-state index in [0.29, 0.717) is 26.3 Å². The van der Waals surface area contributed by atoms with Crippen molar-refractivity contribution in [2.24, 2.45) is 0 Å². The Balaban J connectivity index is 1.44. The highest BCUT2D eigenvalue weighted by Crippen LogP contribution is 2.32. The van der Waals surface area contributed by atoms with E-state index in [1.807, 2.05) is 13.1 Å². The average molecular weight is 476 g/mol. The lowest BCUT2D eigenvalue weighted by molar-refractivity contribution is -0.137. The molecular weight excluding hydrogens is 449 g/mol. The van der Waals surface area contributed by atoms with Crippen molar-refractivity contribution in [1.29, 1.82) is 0 Å². The van der Waals surface area contributed by atoms with Crippen LogP contribution in [0.3, 0.4) is 0 Å². The molecule has 2 heterocycles. The van der Waals surface area contributed by atoms with Gasteiger partial charge in [0.25, 0.3) is 0 Å². The van der Waals surface area contributed by atoms with Gasteiger partial charge in [0.05, 0.1) is 24.8 Å². The highest BCUT2D eigenvalue weighted by Gasteiger charge is 2.31. The third-order valence-corrected chi connectivity index (χ3v) is 6.21. The van der Waals surface area contributed by atoms with Crippen molar-refractivity contribution in [2.45, 2.75) is 18.6 Å². The van der Waals surface area contributed by atoms with Gasteiger partial charge in [-0.2, -0.15) is 13.2 Å². The summed E-state index contributed by atoms with van der Waals surface area (Å²) in [6, 6.07) is 10.3. The molecule has 34 heavy (non-hydrogen) atoms. The number of carbonyl (C=O) groups excluding carboxylic acids is 2. The minimum absolute atomic E-state index is 0.0950. The molecule has 0 aromatic heterocycles. The molecule has 182 valence electrons. The monoisotopic (exact) mass is 476 g/mol. The Morgan fingerprint density at radius 3 is 2.56 bits per heavy atom. The van der Waals surface area contributed by atoms with Gasteiger partial charge in [-0.15, -0.1) is 0 Å². The number of rotatable bonds is 5. The van der Waals surface area contributed by atoms with Gasteiger partial charge < -0.3 is 20.3 Å². The van der Waals surface area contributed by atoms with Crippen LogP contribution < -0.4 is 15.5 Å². The highest BCUT2D eigenvalue weighted by molar-refractivity contribution is 6.39. The Morgan fingerprint density at radius 2 is 1.82 bits per heavy atom. The summed E-state index contributed by atoms with van der Waals surface area (Å²) in [5.41, 5.74) is 2.47. The minimum atomic E-state index is -4.54. The van der Waals surface area contributed by atoms with Gasteiger partial charge in [-0.25, -0.2) is 0 Å². The topological polar surface area (TPSA) is 73.9 Å². The zero-order chi connectivity index (χ0) is 24.3. The van der Waals surface area contributed by atoms with Crippen molar-refractivity contribution >= 4 is 23.2 Å². The maximum absolute atomic E-state index is 12.9. The normalized spacial score (nSPS) is 17.2. The zero-order valence-electron chi connectivity index (χ0n) is 18.8. The number of alkyl halides is 3. The van der Waals surface area contributed by atoms with E-state index >= 15 is 0 Å². The molecule has 1 atom stereocenters. The Labute approximate surface area is 195 Å². The molecule has 0 aliphatic carbocycles. The SMILES string of the molecule is CN1CCc2cc([C@@H](CNC(=O)C(=O)Nc3cccc(C(F)(F)F)c3)N3CCOCC3)ccc21. The standard InChI is InChI=1S/C24H27F3N4O3/c1-30-8-7-17-13-16(5-6-20(17)30)21(31-9-11-34-12-10-31)15-28-22(32)23(33)29-19-4-2-3-18(14-19)24(25,26)27/h2-6,13-14,21H,7-12,15H2,1H3,(H,28,32)(H,29,33)/t21-/m1/s1. The lowest BCUT2D eigenvalue weighted by Gasteiger charge is -2.35. The maximum atomic E-state index is 12.9. The molecule has 2 aromatic rings. The quantitative estimate of drug-likeness (QED) is 0.650. The van der Waals surface area contributed by atoms with E-state index in [2.05, 4.69) is 32.6 Å². The van der Waals surface area contributed by atoms with Crippen molar-refractivity contribution in [2.75, 3.05) is 56.7 Å². The minimum Gasteiger partial charge on any atom is -0.379 e. The first-order chi connectivity index (χ1) is 16.2. The first-order valence-electron chi connectivity index (χ1n) is 11.1. The predicted octanol–water partition coefficient (Wildman–Crippen LogP) is 2.83. The number of likely N-dealkylation sites (N-methyl/N-ethyl adjacent to an activating group) is 1. The molecule has 1 saturated heterocycles. The van der Waals surface area contributed by atoms with Crippen LogP contribution in [0.25, 0.3) is 0 Å². The molecule has 0 unspecified atom stereocenters. The molecule has 0 bridgehead atoms. The van der Waals surface area contributed by atoms with Crippen LogP contribution in [0.15, 0.2) is 42.5 Å². The molecule has 2 amide bonds. The molecule has 1 fully saturated rings. The van der Waals surface area contributed by atoms with Crippen molar-refractivity contribution in [3.8, 4) is 0 Å². The number of nitrogens with one attached hydrogen (secondary N) is 2. The summed E-state index contributed by atoms with van der Waals surface area (Å²) >= 11 is 0. The maximum Gasteiger partial charge on any atom is 0.416 e. The molecule has 2 aliphatic heterocycles. The molecular formula is C24H27F3N4O3. The third kappa shape index (κ3) is 5.51. The number of nitrogens with zero attached hydrogens (tertiary/aromatic N) is 2. The first-order valence-corrected chi connectivity index (χ1v) is 11.1. The Kier molecular flexibility index (Phi) is 7.08. The van der Waals surface area contributed by atoms with Gasteiger partial charge in [0.15, 0.2) is 0 Å². The van der Waals surface area contributed by atoms with Crippen LogP contribution in [-0.2, 0) is 26.9 Å². The van der Waals surface area contributed by atoms with Gasteiger partial charge >= 0.3 is 18.0 Å². The number of ether oxygens (including phenoxy) is 1. The smallest absolute Gasteiger partial charge is 0.379 e.